The number of hydrogen-bond donors (Lipinski definition) is 4. The standard InChI is InChI=1S/C20H16O4/c21-9-16-11-3-1-2-4-12(11)17(10-22)19-13-7-8-18(23)20(24)15(13)6-5-14(16)19/h1-8,21-24H,9-10H2. The van der Waals surface area contributed by atoms with Crippen LogP contribution in [0.5, 0.6) is 11.5 Å². The second kappa shape index (κ2) is 5.37. The van der Waals surface area contributed by atoms with Crippen molar-refractivity contribution in [2.75, 3.05) is 0 Å². The van der Waals surface area contributed by atoms with Crippen LogP contribution in [-0.2, 0) is 13.2 Å². The van der Waals surface area contributed by atoms with Crippen LogP contribution in [0.25, 0.3) is 32.3 Å². The Morgan fingerprint density at radius 2 is 1.17 bits per heavy atom. The summed E-state index contributed by atoms with van der Waals surface area (Å²) in [5.74, 6) is -0.368. The van der Waals surface area contributed by atoms with Crippen LogP contribution in [0.4, 0.5) is 0 Å². The van der Waals surface area contributed by atoms with Gasteiger partial charge >= 0.3 is 0 Å². The molecule has 0 amide bonds. The van der Waals surface area contributed by atoms with Gasteiger partial charge in [-0.25, -0.2) is 0 Å². The first-order valence-corrected chi connectivity index (χ1v) is 7.69. The van der Waals surface area contributed by atoms with Crippen LogP contribution in [0.15, 0.2) is 48.5 Å². The second-order valence-corrected chi connectivity index (χ2v) is 5.84. The van der Waals surface area contributed by atoms with E-state index >= 15 is 0 Å². The molecule has 0 saturated heterocycles. The Hall–Kier alpha value is -2.82. The molecule has 0 atom stereocenters. The molecular weight excluding hydrogens is 304 g/mol. The largest absolute Gasteiger partial charge is 0.504 e. The maximum atomic E-state index is 10.2. The Bertz CT molecular complexity index is 1100. The predicted octanol–water partition coefficient (Wildman–Crippen LogP) is 3.54. The zero-order valence-electron chi connectivity index (χ0n) is 12.8. The van der Waals surface area contributed by atoms with Crippen LogP contribution >= 0.6 is 0 Å². The van der Waals surface area contributed by atoms with E-state index in [2.05, 4.69) is 0 Å². The molecule has 0 radical (unpaired) electrons. The highest BCUT2D eigenvalue weighted by Crippen LogP contribution is 2.41. The van der Waals surface area contributed by atoms with E-state index < -0.39 is 0 Å². The van der Waals surface area contributed by atoms with Gasteiger partial charge in [0.2, 0.25) is 0 Å². The lowest BCUT2D eigenvalue weighted by atomic mass is 9.89. The fraction of sp³-hybridized carbons (Fsp3) is 0.100. The van der Waals surface area contributed by atoms with Crippen molar-refractivity contribution in [2.24, 2.45) is 0 Å². The molecule has 0 spiro atoms. The van der Waals surface area contributed by atoms with Crippen LogP contribution in [-0.4, -0.2) is 20.4 Å². The van der Waals surface area contributed by atoms with E-state index in [1.54, 1.807) is 12.1 Å². The molecule has 4 aromatic carbocycles. The molecule has 4 aromatic rings. The van der Waals surface area contributed by atoms with Gasteiger partial charge in [0.25, 0.3) is 0 Å². The molecule has 0 unspecified atom stereocenters. The molecule has 24 heavy (non-hydrogen) atoms. The van der Waals surface area contributed by atoms with Crippen molar-refractivity contribution in [3.8, 4) is 11.5 Å². The van der Waals surface area contributed by atoms with Crippen LogP contribution in [0.2, 0.25) is 0 Å². The highest BCUT2D eigenvalue weighted by atomic mass is 16.3. The van der Waals surface area contributed by atoms with E-state index in [4.69, 9.17) is 0 Å². The quantitative estimate of drug-likeness (QED) is 0.259. The molecule has 0 aliphatic heterocycles. The van der Waals surface area contributed by atoms with Gasteiger partial charge < -0.3 is 20.4 Å². The summed E-state index contributed by atoms with van der Waals surface area (Å²) in [6, 6.07) is 14.3. The van der Waals surface area contributed by atoms with E-state index in [9.17, 15) is 20.4 Å². The lowest BCUT2D eigenvalue weighted by Crippen LogP contribution is -1.96. The number of benzene rings is 4. The number of aliphatic hydroxyl groups is 2. The average molecular weight is 320 g/mol. The molecule has 4 heteroatoms. The summed E-state index contributed by atoms with van der Waals surface area (Å²) >= 11 is 0. The van der Waals surface area contributed by atoms with E-state index in [0.717, 1.165) is 38.1 Å². The highest BCUT2D eigenvalue weighted by Gasteiger charge is 2.16. The van der Waals surface area contributed by atoms with Gasteiger partial charge in [0.15, 0.2) is 11.5 Å². The van der Waals surface area contributed by atoms with Gasteiger partial charge in [0.1, 0.15) is 0 Å². The van der Waals surface area contributed by atoms with Gasteiger partial charge in [0, 0.05) is 5.39 Å². The lowest BCUT2D eigenvalue weighted by molar-refractivity contribution is 0.282. The van der Waals surface area contributed by atoms with Crippen molar-refractivity contribution in [3.05, 3.63) is 59.7 Å². The normalized spacial score (nSPS) is 11.6. The number of hydrogen-bond acceptors (Lipinski definition) is 4. The summed E-state index contributed by atoms with van der Waals surface area (Å²) < 4.78 is 0. The van der Waals surface area contributed by atoms with Crippen molar-refractivity contribution in [1.29, 1.82) is 0 Å². The predicted molar refractivity (Wildman–Crippen MR) is 94.1 cm³/mol. The summed E-state index contributed by atoms with van der Waals surface area (Å²) in [6.07, 6.45) is 0. The monoisotopic (exact) mass is 320 g/mol. The van der Waals surface area contributed by atoms with Crippen LogP contribution < -0.4 is 0 Å². The molecular formula is C20H16O4. The molecule has 0 bridgehead atoms. The molecule has 4 N–H and O–H groups in total. The fourth-order valence-electron chi connectivity index (χ4n) is 3.58. The molecule has 120 valence electrons. The van der Waals surface area contributed by atoms with Crippen LogP contribution in [0, 0.1) is 0 Å². The Morgan fingerprint density at radius 1 is 0.583 bits per heavy atom. The maximum Gasteiger partial charge on any atom is 0.165 e. The summed E-state index contributed by atoms with van der Waals surface area (Å²) in [7, 11) is 0. The zero-order chi connectivity index (χ0) is 16.8. The molecule has 0 aliphatic carbocycles. The van der Waals surface area contributed by atoms with E-state index in [1.807, 2.05) is 30.3 Å². The van der Waals surface area contributed by atoms with Gasteiger partial charge in [-0.2, -0.15) is 0 Å². The van der Waals surface area contributed by atoms with Crippen molar-refractivity contribution in [1.82, 2.24) is 0 Å². The molecule has 0 fully saturated rings. The minimum absolute atomic E-state index is 0.127. The summed E-state index contributed by atoms with van der Waals surface area (Å²) in [4.78, 5) is 0. The van der Waals surface area contributed by atoms with Gasteiger partial charge in [0.05, 0.1) is 13.2 Å². The first-order valence-electron chi connectivity index (χ1n) is 7.69. The van der Waals surface area contributed by atoms with Gasteiger partial charge in [-0.3, -0.25) is 0 Å². The third-order valence-electron chi connectivity index (χ3n) is 4.67. The lowest BCUT2D eigenvalue weighted by Gasteiger charge is -2.17. The van der Waals surface area contributed by atoms with Gasteiger partial charge in [-0.05, 0) is 56.3 Å². The SMILES string of the molecule is OCc1c2ccccc2c(CO)c2c1ccc1c(O)c(O)ccc12. The molecule has 0 saturated carbocycles. The van der Waals surface area contributed by atoms with Crippen molar-refractivity contribution < 1.29 is 20.4 Å². The van der Waals surface area contributed by atoms with E-state index in [1.165, 1.54) is 6.07 Å². The van der Waals surface area contributed by atoms with Crippen LogP contribution in [0.1, 0.15) is 11.1 Å². The van der Waals surface area contributed by atoms with Gasteiger partial charge in [-0.1, -0.05) is 30.3 Å². The second-order valence-electron chi connectivity index (χ2n) is 5.84. The van der Waals surface area contributed by atoms with Crippen molar-refractivity contribution in [2.45, 2.75) is 13.2 Å². The summed E-state index contributed by atoms with van der Waals surface area (Å²) in [5.41, 5.74) is 1.53. The fourth-order valence-corrected chi connectivity index (χ4v) is 3.58. The average Bonchev–Trinajstić information content (AvgIpc) is 2.62. The molecule has 0 aliphatic rings. The third-order valence-corrected chi connectivity index (χ3v) is 4.67. The number of phenolic OH excluding ortho intramolecular Hbond substituents is 2. The maximum absolute atomic E-state index is 10.2. The van der Waals surface area contributed by atoms with Gasteiger partial charge in [-0.15, -0.1) is 0 Å². The first kappa shape index (κ1) is 14.8. The number of fused-ring (bicyclic) bond motifs is 4. The Kier molecular flexibility index (Phi) is 3.30. The number of aliphatic hydroxyl groups excluding tert-OH is 2. The van der Waals surface area contributed by atoms with E-state index in [0.29, 0.717) is 5.39 Å². The molecule has 0 heterocycles. The Balaban J connectivity index is 2.35. The molecule has 0 aromatic heterocycles. The first-order chi connectivity index (χ1) is 11.7. The number of phenols is 2. The summed E-state index contributed by atoms with van der Waals surface area (Å²) in [5, 5.41) is 44.5. The summed E-state index contributed by atoms with van der Waals surface area (Å²) in [6.45, 7) is -0.290. The number of aromatic hydroxyl groups is 2. The molecule has 4 rings (SSSR count). The minimum Gasteiger partial charge on any atom is -0.504 e. The highest BCUT2D eigenvalue weighted by molar-refractivity contribution is 6.17. The number of rotatable bonds is 2. The van der Waals surface area contributed by atoms with Crippen molar-refractivity contribution >= 4 is 32.3 Å². The molecule has 4 nitrogen and oxygen atoms in total. The Morgan fingerprint density at radius 3 is 1.83 bits per heavy atom. The van der Waals surface area contributed by atoms with Crippen LogP contribution in [0.3, 0.4) is 0 Å². The smallest absolute Gasteiger partial charge is 0.165 e. The van der Waals surface area contributed by atoms with E-state index in [-0.39, 0.29) is 24.7 Å². The Labute approximate surface area is 137 Å². The third kappa shape index (κ3) is 1.87. The minimum atomic E-state index is -0.185. The topological polar surface area (TPSA) is 80.9 Å². The van der Waals surface area contributed by atoms with Crippen molar-refractivity contribution in [3.63, 3.8) is 0 Å². The zero-order valence-corrected chi connectivity index (χ0v) is 12.8.